The summed E-state index contributed by atoms with van der Waals surface area (Å²) >= 11 is 0. The molecule has 0 saturated heterocycles. The van der Waals surface area contributed by atoms with Gasteiger partial charge in [-0.3, -0.25) is 4.57 Å². The highest BCUT2D eigenvalue weighted by Gasteiger charge is 2.62. The summed E-state index contributed by atoms with van der Waals surface area (Å²) in [6.45, 7) is 9.10. The van der Waals surface area contributed by atoms with Crippen molar-refractivity contribution in [3.05, 3.63) is 0 Å². The Bertz CT molecular complexity index is 650. The van der Waals surface area contributed by atoms with Crippen LogP contribution >= 0.6 is 8.46 Å². The lowest BCUT2D eigenvalue weighted by Gasteiger charge is -2.62. The van der Waals surface area contributed by atoms with E-state index < -0.39 is 0 Å². The smallest absolute Gasteiger partial charge is 0.158 e. The van der Waals surface area contributed by atoms with Crippen LogP contribution in [0.2, 0.25) is 0 Å². The quantitative estimate of drug-likeness (QED) is 0.532. The fourth-order valence-corrected chi connectivity index (χ4v) is 9.48. The number of carbonyl (C=O) groups excluding carboxylic acids is 1. The van der Waals surface area contributed by atoms with Gasteiger partial charge in [0.25, 0.3) is 0 Å². The molecule has 29 heavy (non-hydrogen) atoms. The molecular formula is C25H41O3P. The molecular weight excluding hydrogens is 379 g/mol. The molecule has 4 fully saturated rings. The molecule has 164 valence electrons. The van der Waals surface area contributed by atoms with E-state index in [1.807, 2.05) is 0 Å². The van der Waals surface area contributed by atoms with Crippen LogP contribution in [0.25, 0.3) is 0 Å². The Balaban J connectivity index is 1.55. The Hall–Kier alpha value is -0.270. The third-order valence-corrected chi connectivity index (χ3v) is 11.3. The minimum absolute atomic E-state index is 0.184. The van der Waals surface area contributed by atoms with E-state index in [-0.39, 0.29) is 6.10 Å². The fraction of sp³-hybridized carbons (Fsp3) is 0.960. The number of aliphatic hydroxyl groups is 1. The zero-order chi connectivity index (χ0) is 21.0. The number of aliphatic hydroxyl groups excluding tert-OH is 1. The normalized spacial score (nSPS) is 50.4. The minimum Gasteiger partial charge on any atom is -0.393 e. The molecule has 3 nitrogen and oxygen atoms in total. The molecule has 0 spiro atoms. The molecule has 0 aromatic carbocycles. The minimum atomic E-state index is -0.184. The summed E-state index contributed by atoms with van der Waals surface area (Å²) in [6.07, 6.45) is 10.8. The Kier molecular flexibility index (Phi) is 6.06. The monoisotopic (exact) mass is 420 g/mol. The van der Waals surface area contributed by atoms with Crippen molar-refractivity contribution in [2.24, 2.45) is 46.3 Å². The number of hydrogen-bond acceptors (Lipinski definition) is 3. The molecule has 5 unspecified atom stereocenters. The average molecular weight is 421 g/mol. The lowest BCUT2D eigenvalue weighted by molar-refractivity contribution is -0.164. The largest absolute Gasteiger partial charge is 0.393 e. The van der Waals surface area contributed by atoms with Crippen molar-refractivity contribution in [3.63, 3.8) is 0 Å². The molecule has 0 aromatic heterocycles. The van der Waals surface area contributed by atoms with E-state index >= 15 is 0 Å². The van der Waals surface area contributed by atoms with Gasteiger partial charge in [-0.2, -0.15) is 0 Å². The SMILES string of the molecule is CC(=O)CC[C@@H](C)[C@H]1CCC2C3C(O)CC4C[C@H](P=O)CC[C@]4(C)C3CC[C@@]21C. The predicted molar refractivity (Wildman–Crippen MR) is 117 cm³/mol. The van der Waals surface area contributed by atoms with Crippen LogP contribution in [-0.4, -0.2) is 22.7 Å². The van der Waals surface area contributed by atoms with Gasteiger partial charge in [-0.1, -0.05) is 20.8 Å². The van der Waals surface area contributed by atoms with Crippen LogP contribution in [0.15, 0.2) is 0 Å². The van der Waals surface area contributed by atoms with E-state index in [1.54, 1.807) is 6.92 Å². The molecule has 4 rings (SSSR count). The van der Waals surface area contributed by atoms with Crippen LogP contribution in [-0.2, 0) is 9.36 Å². The lowest BCUT2D eigenvalue weighted by Crippen LogP contribution is -2.58. The summed E-state index contributed by atoms with van der Waals surface area (Å²) in [7, 11) is 0.311. The van der Waals surface area contributed by atoms with E-state index in [9.17, 15) is 14.5 Å². The lowest BCUT2D eigenvalue weighted by atomic mass is 9.44. The van der Waals surface area contributed by atoms with E-state index in [1.165, 1.54) is 32.1 Å². The summed E-state index contributed by atoms with van der Waals surface area (Å²) < 4.78 is 11.5. The molecule has 0 amide bonds. The second-order valence-corrected chi connectivity index (χ2v) is 12.7. The molecule has 4 aliphatic rings. The Morgan fingerprint density at radius 1 is 1.07 bits per heavy atom. The van der Waals surface area contributed by atoms with Crippen LogP contribution in [0.1, 0.15) is 91.9 Å². The topological polar surface area (TPSA) is 54.4 Å². The second-order valence-electron chi connectivity index (χ2n) is 11.8. The van der Waals surface area contributed by atoms with E-state index in [0.717, 1.165) is 25.7 Å². The zero-order valence-electron chi connectivity index (χ0n) is 18.9. The summed E-state index contributed by atoms with van der Waals surface area (Å²) in [4.78, 5) is 11.5. The Labute approximate surface area is 179 Å². The van der Waals surface area contributed by atoms with Gasteiger partial charge in [-0.05, 0) is 111 Å². The number of Topliss-reactive ketones (excluding diaryl/α,β-unsaturated/α-hetero) is 1. The van der Waals surface area contributed by atoms with Gasteiger partial charge < -0.3 is 9.90 Å². The van der Waals surface area contributed by atoms with Crippen molar-refractivity contribution in [1.29, 1.82) is 0 Å². The van der Waals surface area contributed by atoms with Crippen LogP contribution in [0, 0.1) is 46.3 Å². The standard InChI is InChI=1S/C25H41O3P/c1-15(5-6-16(2)26)19-7-8-20-23-21(10-12-25(19,20)4)24(3)11-9-18(29-28)13-17(24)14-22(23)27/h15,17-23,27H,5-14H2,1-4H3/t15-,17?,18-,19-,20?,21?,22?,23?,24+,25-/m1/s1. The Morgan fingerprint density at radius 2 is 1.76 bits per heavy atom. The first-order valence-electron chi connectivity index (χ1n) is 12.2. The number of hydrogen-bond donors (Lipinski definition) is 1. The number of fused-ring (bicyclic) bond motifs is 5. The fourth-order valence-electron chi connectivity index (χ4n) is 8.90. The maximum atomic E-state index is 11.5. The maximum Gasteiger partial charge on any atom is 0.158 e. The molecule has 10 atom stereocenters. The van der Waals surface area contributed by atoms with Crippen molar-refractivity contribution in [1.82, 2.24) is 0 Å². The summed E-state index contributed by atoms with van der Waals surface area (Å²) in [5.74, 6) is 3.85. The first kappa shape index (κ1) is 21.9. The molecule has 1 N–H and O–H groups in total. The molecule has 0 aliphatic heterocycles. The molecule has 0 aromatic rings. The average Bonchev–Trinajstić information content (AvgIpc) is 3.03. The highest BCUT2D eigenvalue weighted by atomic mass is 31.1. The molecule has 4 aliphatic carbocycles. The van der Waals surface area contributed by atoms with Gasteiger partial charge in [0, 0.05) is 12.1 Å². The van der Waals surface area contributed by atoms with E-state index in [4.69, 9.17) is 0 Å². The van der Waals surface area contributed by atoms with Crippen molar-refractivity contribution < 1.29 is 14.5 Å². The molecule has 0 bridgehead atoms. The van der Waals surface area contributed by atoms with Gasteiger partial charge in [-0.25, -0.2) is 0 Å². The number of ketones is 1. The predicted octanol–water partition coefficient (Wildman–Crippen LogP) is 6.28. The van der Waals surface area contributed by atoms with Gasteiger partial charge in [0.1, 0.15) is 5.78 Å². The van der Waals surface area contributed by atoms with Gasteiger partial charge in [0.15, 0.2) is 8.46 Å². The van der Waals surface area contributed by atoms with Gasteiger partial charge in [0.05, 0.1) is 6.10 Å². The van der Waals surface area contributed by atoms with Crippen LogP contribution in [0.5, 0.6) is 0 Å². The zero-order valence-corrected chi connectivity index (χ0v) is 19.8. The molecule has 4 heteroatoms. The highest BCUT2D eigenvalue weighted by molar-refractivity contribution is 7.24. The van der Waals surface area contributed by atoms with Crippen molar-refractivity contribution in [2.75, 3.05) is 0 Å². The van der Waals surface area contributed by atoms with Gasteiger partial charge in [-0.15, -0.1) is 0 Å². The van der Waals surface area contributed by atoms with E-state index in [0.29, 0.717) is 72.7 Å². The first-order chi connectivity index (χ1) is 13.7. The maximum absolute atomic E-state index is 11.5. The molecule has 0 radical (unpaired) electrons. The third-order valence-electron chi connectivity index (χ3n) is 10.5. The third kappa shape index (κ3) is 3.57. The van der Waals surface area contributed by atoms with Crippen LogP contribution < -0.4 is 0 Å². The highest BCUT2D eigenvalue weighted by Crippen LogP contribution is 2.68. The first-order valence-corrected chi connectivity index (χ1v) is 13.1. The summed E-state index contributed by atoms with van der Waals surface area (Å²) in [5, 5.41) is 11.4. The van der Waals surface area contributed by atoms with Crippen molar-refractivity contribution in [2.45, 2.75) is 104 Å². The number of rotatable bonds is 5. The van der Waals surface area contributed by atoms with Crippen molar-refractivity contribution >= 4 is 14.2 Å². The molecule has 0 heterocycles. The molecule has 4 saturated carbocycles. The number of carbonyl (C=O) groups is 1. The summed E-state index contributed by atoms with van der Waals surface area (Å²) in [6, 6.07) is 0. The second kappa shape index (κ2) is 8.01. The van der Waals surface area contributed by atoms with Crippen LogP contribution in [0.3, 0.4) is 0 Å². The van der Waals surface area contributed by atoms with Gasteiger partial charge >= 0.3 is 0 Å². The Morgan fingerprint density at radius 3 is 2.45 bits per heavy atom. The van der Waals surface area contributed by atoms with E-state index in [2.05, 4.69) is 20.8 Å². The van der Waals surface area contributed by atoms with Crippen molar-refractivity contribution in [3.8, 4) is 0 Å². The van der Waals surface area contributed by atoms with Gasteiger partial charge in [0.2, 0.25) is 0 Å². The van der Waals surface area contributed by atoms with Crippen LogP contribution in [0.4, 0.5) is 0 Å². The summed E-state index contributed by atoms with van der Waals surface area (Å²) in [5.41, 5.74) is 0.959.